The largest absolute Gasteiger partial charge is 0.456 e. The molecule has 0 spiro atoms. The molecule has 0 unspecified atom stereocenters. The molecule has 0 radical (unpaired) electrons. The highest BCUT2D eigenvalue weighted by Crippen LogP contribution is 2.36. The van der Waals surface area contributed by atoms with E-state index in [2.05, 4.69) is 5.32 Å². The van der Waals surface area contributed by atoms with Gasteiger partial charge in [0.15, 0.2) is 0 Å². The third kappa shape index (κ3) is 4.89. The van der Waals surface area contributed by atoms with Crippen molar-refractivity contribution in [2.24, 2.45) is 0 Å². The number of likely N-dealkylation sites (N-methyl/N-ethyl adjacent to an activating group) is 1. The van der Waals surface area contributed by atoms with Crippen molar-refractivity contribution in [3.63, 3.8) is 0 Å². The quantitative estimate of drug-likeness (QED) is 0.832. The second-order valence-corrected chi connectivity index (χ2v) is 5.43. The van der Waals surface area contributed by atoms with Gasteiger partial charge in [0.25, 0.3) is 0 Å². The number of hydrogen-bond donors (Lipinski definition) is 1. The van der Waals surface area contributed by atoms with Gasteiger partial charge in [0.2, 0.25) is 5.91 Å². The summed E-state index contributed by atoms with van der Waals surface area (Å²) in [5.41, 5.74) is -0.119. The van der Waals surface area contributed by atoms with E-state index in [4.69, 9.17) is 16.3 Å². The fourth-order valence-electron chi connectivity index (χ4n) is 2.05. The van der Waals surface area contributed by atoms with Gasteiger partial charge in [-0.15, -0.1) is 0 Å². The lowest BCUT2D eigenvalue weighted by Gasteiger charge is -2.12. The van der Waals surface area contributed by atoms with Crippen molar-refractivity contribution in [1.82, 2.24) is 5.32 Å². The highest BCUT2D eigenvalue weighted by atomic mass is 35.5. The molecule has 2 aromatic rings. The summed E-state index contributed by atoms with van der Waals surface area (Å²) in [7, 11) is 0. The first-order valence-electron chi connectivity index (χ1n) is 7.20. The summed E-state index contributed by atoms with van der Waals surface area (Å²) in [5.74, 6) is 0.375. The van der Waals surface area contributed by atoms with Crippen LogP contribution in [0.2, 0.25) is 5.02 Å². The van der Waals surface area contributed by atoms with E-state index in [0.29, 0.717) is 12.3 Å². The van der Waals surface area contributed by atoms with Crippen molar-refractivity contribution in [2.45, 2.75) is 19.5 Å². The number of benzene rings is 2. The minimum atomic E-state index is -4.46. The number of amides is 1. The van der Waals surface area contributed by atoms with Crippen LogP contribution in [0.5, 0.6) is 11.5 Å². The zero-order chi connectivity index (χ0) is 17.7. The van der Waals surface area contributed by atoms with E-state index in [-0.39, 0.29) is 23.1 Å². The lowest BCUT2D eigenvalue weighted by molar-refractivity contribution is -0.137. The van der Waals surface area contributed by atoms with Gasteiger partial charge < -0.3 is 10.1 Å². The van der Waals surface area contributed by atoms with Crippen molar-refractivity contribution in [3.05, 3.63) is 58.6 Å². The molecule has 0 aliphatic heterocycles. The highest BCUT2D eigenvalue weighted by Gasteiger charge is 2.31. The van der Waals surface area contributed by atoms with E-state index in [1.165, 1.54) is 6.07 Å². The van der Waals surface area contributed by atoms with Gasteiger partial charge in [0, 0.05) is 6.54 Å². The summed E-state index contributed by atoms with van der Waals surface area (Å²) >= 11 is 5.86. The van der Waals surface area contributed by atoms with Crippen molar-refractivity contribution >= 4 is 17.5 Å². The van der Waals surface area contributed by atoms with E-state index < -0.39 is 11.7 Å². The molecule has 1 N–H and O–H groups in total. The monoisotopic (exact) mass is 357 g/mol. The molecule has 7 heteroatoms. The van der Waals surface area contributed by atoms with Crippen LogP contribution in [-0.2, 0) is 17.4 Å². The van der Waals surface area contributed by atoms with Gasteiger partial charge in [-0.2, -0.15) is 13.2 Å². The van der Waals surface area contributed by atoms with Crippen molar-refractivity contribution in [1.29, 1.82) is 0 Å². The molecule has 0 saturated carbocycles. The Hall–Kier alpha value is -2.21. The van der Waals surface area contributed by atoms with E-state index in [9.17, 15) is 18.0 Å². The molecule has 2 aromatic carbocycles. The van der Waals surface area contributed by atoms with Crippen molar-refractivity contribution in [2.75, 3.05) is 6.54 Å². The molecular formula is C17H15ClF3NO2. The molecule has 0 bridgehead atoms. The van der Waals surface area contributed by atoms with Gasteiger partial charge in [-0.25, -0.2) is 0 Å². The van der Waals surface area contributed by atoms with Crippen LogP contribution in [0.1, 0.15) is 18.1 Å². The zero-order valence-corrected chi connectivity index (χ0v) is 13.5. The van der Waals surface area contributed by atoms with Gasteiger partial charge in [-0.3, -0.25) is 4.79 Å². The van der Waals surface area contributed by atoms with E-state index in [0.717, 1.165) is 17.7 Å². The molecule has 0 heterocycles. The fourth-order valence-corrected chi connectivity index (χ4v) is 2.27. The van der Waals surface area contributed by atoms with Crippen LogP contribution in [0.4, 0.5) is 13.2 Å². The lowest BCUT2D eigenvalue weighted by Crippen LogP contribution is -2.24. The number of nitrogens with one attached hydrogen (secondary N) is 1. The van der Waals surface area contributed by atoms with Crippen LogP contribution in [0.25, 0.3) is 0 Å². The average Bonchev–Trinajstić information content (AvgIpc) is 2.49. The van der Waals surface area contributed by atoms with Crippen LogP contribution in [0, 0.1) is 0 Å². The summed E-state index contributed by atoms with van der Waals surface area (Å²) in [5, 5.41) is 2.55. The molecule has 0 fully saturated rings. The number of hydrogen-bond acceptors (Lipinski definition) is 2. The summed E-state index contributed by atoms with van der Waals surface area (Å²) < 4.78 is 43.4. The Morgan fingerprint density at radius 2 is 1.96 bits per heavy atom. The van der Waals surface area contributed by atoms with Crippen LogP contribution >= 0.6 is 11.6 Å². The number of alkyl halides is 3. The standard InChI is InChI=1S/C17H15ClF3NO2/c1-2-22-16(23)9-11-4-3-5-13(8-11)24-15-7-6-12(10-14(15)18)17(19,20)21/h3-8,10H,2,9H2,1H3,(H,22,23). The second-order valence-electron chi connectivity index (χ2n) is 5.02. The number of carbonyl (C=O) groups is 1. The molecule has 0 aliphatic carbocycles. The number of halogens is 4. The highest BCUT2D eigenvalue weighted by molar-refractivity contribution is 6.32. The van der Waals surface area contributed by atoms with E-state index in [1.807, 2.05) is 6.92 Å². The van der Waals surface area contributed by atoms with Crippen molar-refractivity contribution < 1.29 is 22.7 Å². The van der Waals surface area contributed by atoms with Gasteiger partial charge in [0.05, 0.1) is 17.0 Å². The third-order valence-electron chi connectivity index (χ3n) is 3.12. The topological polar surface area (TPSA) is 38.3 Å². The Kier molecular flexibility index (Phi) is 5.72. The third-order valence-corrected chi connectivity index (χ3v) is 3.42. The minimum Gasteiger partial charge on any atom is -0.456 e. The number of ether oxygens (including phenoxy) is 1. The van der Waals surface area contributed by atoms with Gasteiger partial charge in [-0.1, -0.05) is 23.7 Å². The van der Waals surface area contributed by atoms with Gasteiger partial charge in [-0.05, 0) is 42.8 Å². The SMILES string of the molecule is CCNC(=O)Cc1cccc(Oc2ccc(C(F)(F)F)cc2Cl)c1. The Morgan fingerprint density at radius 3 is 2.58 bits per heavy atom. The molecule has 0 saturated heterocycles. The molecule has 2 rings (SSSR count). The fraction of sp³-hybridized carbons (Fsp3) is 0.235. The molecule has 24 heavy (non-hydrogen) atoms. The summed E-state index contributed by atoms with van der Waals surface area (Å²) in [4.78, 5) is 11.6. The van der Waals surface area contributed by atoms with Gasteiger partial charge >= 0.3 is 6.18 Å². The predicted octanol–water partition coefficient (Wildman–Crippen LogP) is 4.83. The van der Waals surface area contributed by atoms with Gasteiger partial charge in [0.1, 0.15) is 11.5 Å². The van der Waals surface area contributed by atoms with Crippen LogP contribution in [-0.4, -0.2) is 12.5 Å². The molecule has 3 nitrogen and oxygen atoms in total. The summed E-state index contributed by atoms with van der Waals surface area (Å²) in [6, 6.07) is 9.62. The zero-order valence-electron chi connectivity index (χ0n) is 12.8. The molecule has 0 atom stereocenters. The first-order chi connectivity index (χ1) is 11.3. The normalized spacial score (nSPS) is 11.2. The maximum atomic E-state index is 12.6. The maximum absolute atomic E-state index is 12.6. The first kappa shape index (κ1) is 18.1. The smallest absolute Gasteiger partial charge is 0.416 e. The number of rotatable bonds is 5. The predicted molar refractivity (Wildman–Crippen MR) is 85.4 cm³/mol. The number of carbonyl (C=O) groups excluding carboxylic acids is 1. The lowest BCUT2D eigenvalue weighted by atomic mass is 10.1. The molecule has 0 aromatic heterocycles. The molecular weight excluding hydrogens is 343 g/mol. The summed E-state index contributed by atoms with van der Waals surface area (Å²) in [6.07, 6.45) is -4.28. The van der Waals surface area contributed by atoms with Crippen LogP contribution in [0.15, 0.2) is 42.5 Å². The second kappa shape index (κ2) is 7.57. The molecule has 0 aliphatic rings. The van der Waals surface area contributed by atoms with E-state index in [1.54, 1.807) is 24.3 Å². The Bertz CT molecular complexity index is 732. The Morgan fingerprint density at radius 1 is 1.21 bits per heavy atom. The first-order valence-corrected chi connectivity index (χ1v) is 7.57. The Balaban J connectivity index is 2.15. The van der Waals surface area contributed by atoms with Crippen molar-refractivity contribution in [3.8, 4) is 11.5 Å². The maximum Gasteiger partial charge on any atom is 0.416 e. The van der Waals surface area contributed by atoms with Crippen LogP contribution in [0.3, 0.4) is 0 Å². The summed E-state index contributed by atoms with van der Waals surface area (Å²) in [6.45, 7) is 2.36. The minimum absolute atomic E-state index is 0.111. The van der Waals surface area contributed by atoms with Crippen LogP contribution < -0.4 is 10.1 Å². The Labute approximate surface area is 142 Å². The molecule has 1 amide bonds. The molecule has 128 valence electrons. The van der Waals surface area contributed by atoms with E-state index >= 15 is 0 Å². The average molecular weight is 358 g/mol.